The molecule has 10 nitrogen and oxygen atoms in total. The number of pyridine rings is 1. The largest absolute Gasteiger partial charge is 0.464 e. The second-order valence-electron chi connectivity index (χ2n) is 6.90. The summed E-state index contributed by atoms with van der Waals surface area (Å²) in [7, 11) is 0. The molecular weight excluding hydrogens is 456 g/mol. The number of nitrogens with one attached hydrogen (secondary N) is 1. The monoisotopic (exact) mass is 470 g/mol. The molecule has 4 rings (SSSR count). The number of nitrogen functional groups attached to an aromatic ring is 1. The Hall–Kier alpha value is -4.87. The molecule has 0 aliphatic heterocycles. The average Bonchev–Trinajstić information content (AvgIpc) is 3.37. The number of nitro groups is 1. The van der Waals surface area contributed by atoms with E-state index in [0.29, 0.717) is 16.5 Å². The lowest BCUT2D eigenvalue weighted by molar-refractivity contribution is -0.383. The lowest BCUT2D eigenvalue weighted by Gasteiger charge is -2.12. The van der Waals surface area contributed by atoms with Gasteiger partial charge in [-0.25, -0.2) is 4.98 Å². The highest BCUT2D eigenvalue weighted by Crippen LogP contribution is 2.36. The molecule has 166 valence electrons. The first kappa shape index (κ1) is 22.3. The summed E-state index contributed by atoms with van der Waals surface area (Å²) in [5, 5.41) is 34.4. The minimum atomic E-state index is -0.481. The number of nitro benzene ring substituents is 1. The zero-order chi connectivity index (χ0) is 24.2. The van der Waals surface area contributed by atoms with Crippen molar-refractivity contribution in [1.29, 1.82) is 10.5 Å². The Morgan fingerprint density at radius 1 is 1.12 bits per heavy atom. The second-order valence-corrected chi connectivity index (χ2v) is 7.86. The second kappa shape index (κ2) is 9.32. The van der Waals surface area contributed by atoms with Gasteiger partial charge in [-0.3, -0.25) is 14.9 Å². The van der Waals surface area contributed by atoms with Gasteiger partial charge >= 0.3 is 0 Å². The standard InChI is InChI=1S/C23H14N6O4S/c24-10-15-21(19-6-3-9-33-19)16(11-25)23(28-22(15)26)34-12-20(30)27-17-7-8-18(29(31)32)14-5-2-1-4-13(14)17/h1-9H,12H2,(H2,26,28)(H,27,30). The van der Waals surface area contributed by atoms with Gasteiger partial charge in [0.25, 0.3) is 5.69 Å². The number of anilines is 2. The lowest BCUT2D eigenvalue weighted by Crippen LogP contribution is -2.15. The van der Waals surface area contributed by atoms with Crippen LogP contribution >= 0.6 is 11.8 Å². The molecule has 0 bridgehead atoms. The number of hydrogen-bond donors (Lipinski definition) is 2. The predicted octanol–water partition coefficient (Wildman–Crippen LogP) is 4.46. The molecule has 0 spiro atoms. The van der Waals surface area contributed by atoms with Crippen LogP contribution in [0.3, 0.4) is 0 Å². The van der Waals surface area contributed by atoms with Crippen molar-refractivity contribution in [2.45, 2.75) is 5.03 Å². The number of non-ortho nitro benzene ring substituents is 1. The number of carbonyl (C=O) groups is 1. The van der Waals surface area contributed by atoms with Crippen LogP contribution in [0.4, 0.5) is 17.2 Å². The molecule has 34 heavy (non-hydrogen) atoms. The maximum Gasteiger partial charge on any atom is 0.277 e. The van der Waals surface area contributed by atoms with E-state index in [0.717, 1.165) is 11.8 Å². The van der Waals surface area contributed by atoms with Gasteiger partial charge in [0, 0.05) is 17.1 Å². The number of furan rings is 1. The molecule has 3 N–H and O–H groups in total. The van der Waals surface area contributed by atoms with Gasteiger partial charge in [-0.1, -0.05) is 30.0 Å². The first-order chi connectivity index (χ1) is 16.4. The van der Waals surface area contributed by atoms with Crippen LogP contribution in [0.1, 0.15) is 11.1 Å². The zero-order valence-corrected chi connectivity index (χ0v) is 18.1. The Morgan fingerprint density at radius 3 is 2.50 bits per heavy atom. The van der Waals surface area contributed by atoms with Gasteiger partial charge in [-0.2, -0.15) is 10.5 Å². The Morgan fingerprint density at radius 2 is 1.85 bits per heavy atom. The Bertz CT molecular complexity index is 1520. The van der Waals surface area contributed by atoms with E-state index in [1.165, 1.54) is 18.4 Å². The zero-order valence-electron chi connectivity index (χ0n) is 17.3. The Labute approximate surface area is 196 Å². The van der Waals surface area contributed by atoms with E-state index in [1.54, 1.807) is 36.4 Å². The average molecular weight is 470 g/mol. The fourth-order valence-corrected chi connectivity index (χ4v) is 4.24. The van der Waals surface area contributed by atoms with E-state index in [-0.39, 0.29) is 44.7 Å². The summed E-state index contributed by atoms with van der Waals surface area (Å²) in [6.07, 6.45) is 1.41. The molecule has 0 fully saturated rings. The van der Waals surface area contributed by atoms with Gasteiger partial charge in [0.15, 0.2) is 0 Å². The highest BCUT2D eigenvalue weighted by atomic mass is 32.2. The van der Waals surface area contributed by atoms with Crippen LogP contribution in [0.2, 0.25) is 0 Å². The van der Waals surface area contributed by atoms with Crippen molar-refractivity contribution in [1.82, 2.24) is 4.98 Å². The number of nitrogens with zero attached hydrogens (tertiary/aromatic N) is 4. The number of nitriles is 2. The van der Waals surface area contributed by atoms with Crippen LogP contribution in [0.15, 0.2) is 64.2 Å². The molecule has 0 aliphatic carbocycles. The fourth-order valence-electron chi connectivity index (χ4n) is 3.44. The van der Waals surface area contributed by atoms with E-state index >= 15 is 0 Å². The van der Waals surface area contributed by atoms with E-state index in [2.05, 4.69) is 10.3 Å². The number of benzene rings is 2. The summed E-state index contributed by atoms with van der Waals surface area (Å²) in [4.78, 5) is 27.7. The highest BCUT2D eigenvalue weighted by Gasteiger charge is 2.23. The van der Waals surface area contributed by atoms with Gasteiger partial charge < -0.3 is 15.5 Å². The quantitative estimate of drug-likeness (QED) is 0.234. The minimum absolute atomic E-state index is 0.0117. The third kappa shape index (κ3) is 4.11. The normalized spacial score (nSPS) is 10.4. The summed E-state index contributed by atoms with van der Waals surface area (Å²) < 4.78 is 5.36. The van der Waals surface area contributed by atoms with Gasteiger partial charge in [-0.15, -0.1) is 0 Å². The molecule has 11 heteroatoms. The molecule has 2 aromatic heterocycles. The molecule has 0 unspecified atom stereocenters. The van der Waals surface area contributed by atoms with Crippen LogP contribution in [0.5, 0.6) is 0 Å². The highest BCUT2D eigenvalue weighted by molar-refractivity contribution is 8.00. The van der Waals surface area contributed by atoms with E-state index in [4.69, 9.17) is 10.2 Å². The molecular formula is C23H14N6O4S. The number of nitrogens with two attached hydrogens (primary N) is 1. The number of amides is 1. The summed E-state index contributed by atoms with van der Waals surface area (Å²) in [6, 6.07) is 16.7. The summed E-state index contributed by atoms with van der Waals surface area (Å²) in [6.45, 7) is 0. The molecule has 2 aromatic carbocycles. The third-order valence-corrected chi connectivity index (χ3v) is 5.87. The van der Waals surface area contributed by atoms with Crippen LogP contribution in [-0.4, -0.2) is 21.6 Å². The number of fused-ring (bicyclic) bond motifs is 1. The van der Waals surface area contributed by atoms with Crippen molar-refractivity contribution in [3.8, 4) is 23.5 Å². The predicted molar refractivity (Wildman–Crippen MR) is 126 cm³/mol. The van der Waals surface area contributed by atoms with E-state index in [9.17, 15) is 25.4 Å². The molecule has 4 aromatic rings. The topological polar surface area (TPSA) is 172 Å². The number of aromatic nitrogens is 1. The number of hydrogen-bond acceptors (Lipinski definition) is 9. The Kier molecular flexibility index (Phi) is 6.12. The van der Waals surface area contributed by atoms with Crippen LogP contribution in [-0.2, 0) is 4.79 Å². The number of thioether (sulfide) groups is 1. The summed E-state index contributed by atoms with van der Waals surface area (Å²) in [5.74, 6) is -0.351. The van der Waals surface area contributed by atoms with Gasteiger partial charge in [-0.05, 0) is 24.3 Å². The first-order valence-corrected chi connectivity index (χ1v) is 10.7. The van der Waals surface area contributed by atoms with E-state index in [1.807, 2.05) is 12.1 Å². The smallest absolute Gasteiger partial charge is 0.277 e. The van der Waals surface area contributed by atoms with Gasteiger partial charge in [0.1, 0.15) is 34.3 Å². The SMILES string of the molecule is N#Cc1c(N)nc(SCC(=O)Nc2ccc([N+](=O)[O-])c3ccccc23)c(C#N)c1-c1ccco1. The number of rotatable bonds is 6. The van der Waals surface area contributed by atoms with Gasteiger partial charge in [0.05, 0.1) is 33.5 Å². The summed E-state index contributed by atoms with van der Waals surface area (Å²) in [5.41, 5.74) is 6.58. The molecule has 0 saturated carbocycles. The summed E-state index contributed by atoms with van der Waals surface area (Å²) >= 11 is 0.972. The molecule has 2 heterocycles. The van der Waals surface area contributed by atoms with E-state index < -0.39 is 10.8 Å². The molecule has 0 radical (unpaired) electrons. The van der Waals surface area contributed by atoms with Crippen molar-refractivity contribution in [2.24, 2.45) is 0 Å². The number of carbonyl (C=O) groups excluding carboxylic acids is 1. The molecule has 0 aliphatic rings. The van der Waals surface area contributed by atoms with Crippen LogP contribution < -0.4 is 11.1 Å². The molecule has 0 atom stereocenters. The van der Waals surface area contributed by atoms with Crippen LogP contribution in [0, 0.1) is 32.8 Å². The van der Waals surface area contributed by atoms with Gasteiger partial charge in [0.2, 0.25) is 5.91 Å². The Balaban J connectivity index is 1.62. The molecule has 1 amide bonds. The maximum atomic E-state index is 12.7. The van der Waals surface area contributed by atoms with Crippen molar-refractivity contribution >= 4 is 45.6 Å². The van der Waals surface area contributed by atoms with Crippen molar-refractivity contribution in [3.05, 3.63) is 76.0 Å². The maximum absolute atomic E-state index is 12.7. The lowest BCUT2D eigenvalue weighted by atomic mass is 10.0. The molecule has 0 saturated heterocycles. The van der Waals surface area contributed by atoms with Crippen molar-refractivity contribution in [3.63, 3.8) is 0 Å². The third-order valence-electron chi connectivity index (χ3n) is 4.90. The van der Waals surface area contributed by atoms with Crippen LogP contribution in [0.25, 0.3) is 22.1 Å². The fraction of sp³-hybridized carbons (Fsp3) is 0.0435. The van der Waals surface area contributed by atoms with Crippen molar-refractivity contribution in [2.75, 3.05) is 16.8 Å². The first-order valence-electron chi connectivity index (χ1n) is 9.71. The minimum Gasteiger partial charge on any atom is -0.464 e. The van der Waals surface area contributed by atoms with Crippen molar-refractivity contribution < 1.29 is 14.1 Å².